The lowest BCUT2D eigenvalue weighted by Crippen LogP contribution is -2.53. The summed E-state index contributed by atoms with van der Waals surface area (Å²) in [6.07, 6.45) is 0. The summed E-state index contributed by atoms with van der Waals surface area (Å²) in [7, 11) is 1.82. The molecular weight excluding hydrogens is 447 g/mol. The zero-order chi connectivity index (χ0) is 17.2. The average molecular weight is 478 g/mol. The first kappa shape index (κ1) is 22.5. The highest BCUT2D eigenvalue weighted by Crippen LogP contribution is 2.15. The molecule has 0 aliphatic carbocycles. The summed E-state index contributed by atoms with van der Waals surface area (Å²) >= 11 is 1.85. The van der Waals surface area contributed by atoms with E-state index in [2.05, 4.69) is 58.6 Å². The van der Waals surface area contributed by atoms with Gasteiger partial charge in [-0.3, -0.25) is 9.89 Å². The van der Waals surface area contributed by atoms with Crippen molar-refractivity contribution in [3.8, 4) is 0 Å². The van der Waals surface area contributed by atoms with Gasteiger partial charge in [-0.05, 0) is 26.0 Å². The largest absolute Gasteiger partial charge is 0.379 e. The predicted octanol–water partition coefficient (Wildman–Crippen LogP) is 2.67. The fourth-order valence-corrected chi connectivity index (χ4v) is 3.62. The summed E-state index contributed by atoms with van der Waals surface area (Å²) in [5.74, 6) is 1.89. The van der Waals surface area contributed by atoms with Crippen LogP contribution in [0.5, 0.6) is 0 Å². The lowest BCUT2D eigenvalue weighted by atomic mass is 10.2. The Balaban J connectivity index is 0.00000312. The van der Waals surface area contributed by atoms with Gasteiger partial charge in [0.2, 0.25) is 0 Å². The van der Waals surface area contributed by atoms with E-state index >= 15 is 0 Å². The molecule has 1 aliphatic heterocycles. The molecular formula is C18H31IN4OS. The summed E-state index contributed by atoms with van der Waals surface area (Å²) in [4.78, 5) is 8.11. The number of nitrogens with zero attached hydrogens (tertiary/aromatic N) is 2. The standard InChI is InChI=1S/C18H30N4OS.HI/c1-15(22-10-11-23-14-16(22)2)13-21-18(19-3)20-9-12-24-17-7-5-4-6-8-17;/h4-8,15-16H,9-14H2,1-3H3,(H2,19,20,21);1H. The minimum atomic E-state index is 0. The van der Waals surface area contributed by atoms with E-state index < -0.39 is 0 Å². The summed E-state index contributed by atoms with van der Waals surface area (Å²) in [5, 5.41) is 6.82. The monoisotopic (exact) mass is 478 g/mol. The topological polar surface area (TPSA) is 48.9 Å². The van der Waals surface area contributed by atoms with Gasteiger partial charge in [-0.1, -0.05) is 18.2 Å². The van der Waals surface area contributed by atoms with Crippen LogP contribution >= 0.6 is 35.7 Å². The third-order valence-corrected chi connectivity index (χ3v) is 5.19. The predicted molar refractivity (Wildman–Crippen MR) is 118 cm³/mol. The number of hydrogen-bond acceptors (Lipinski definition) is 4. The van der Waals surface area contributed by atoms with Gasteiger partial charge in [-0.25, -0.2) is 0 Å². The summed E-state index contributed by atoms with van der Waals surface area (Å²) in [6, 6.07) is 11.4. The quantitative estimate of drug-likeness (QED) is 0.208. The van der Waals surface area contributed by atoms with E-state index in [4.69, 9.17) is 4.74 Å². The van der Waals surface area contributed by atoms with E-state index in [1.165, 1.54) is 4.90 Å². The Morgan fingerprint density at radius 2 is 2.12 bits per heavy atom. The van der Waals surface area contributed by atoms with E-state index in [0.29, 0.717) is 12.1 Å². The second-order valence-electron chi connectivity index (χ2n) is 6.05. The normalized spacial score (nSPS) is 19.8. The lowest BCUT2D eigenvalue weighted by molar-refractivity contribution is -0.0174. The van der Waals surface area contributed by atoms with Crippen molar-refractivity contribution in [1.82, 2.24) is 15.5 Å². The average Bonchev–Trinajstić information content (AvgIpc) is 2.62. The van der Waals surface area contributed by atoms with Crippen molar-refractivity contribution in [2.45, 2.75) is 30.8 Å². The number of morpholine rings is 1. The number of thioether (sulfide) groups is 1. The van der Waals surface area contributed by atoms with Gasteiger partial charge in [0.15, 0.2) is 5.96 Å². The highest BCUT2D eigenvalue weighted by Gasteiger charge is 2.23. The van der Waals surface area contributed by atoms with Gasteiger partial charge in [0.25, 0.3) is 0 Å². The first-order valence-corrected chi connectivity index (χ1v) is 9.65. The van der Waals surface area contributed by atoms with Crippen LogP contribution in [0.3, 0.4) is 0 Å². The molecule has 2 unspecified atom stereocenters. The molecule has 1 saturated heterocycles. The third-order valence-electron chi connectivity index (χ3n) is 4.18. The molecule has 0 amide bonds. The molecule has 0 saturated carbocycles. The Hall–Kier alpha value is -0.510. The molecule has 2 N–H and O–H groups in total. The van der Waals surface area contributed by atoms with Crippen molar-refractivity contribution in [1.29, 1.82) is 0 Å². The molecule has 2 rings (SSSR count). The van der Waals surface area contributed by atoms with Crippen LogP contribution < -0.4 is 10.6 Å². The van der Waals surface area contributed by atoms with Gasteiger partial charge in [-0.15, -0.1) is 35.7 Å². The number of rotatable bonds is 7. The Kier molecular flexibility index (Phi) is 11.5. The van der Waals surface area contributed by atoms with E-state index in [9.17, 15) is 0 Å². The van der Waals surface area contributed by atoms with Crippen molar-refractivity contribution in [2.24, 2.45) is 4.99 Å². The van der Waals surface area contributed by atoms with Gasteiger partial charge < -0.3 is 15.4 Å². The van der Waals surface area contributed by atoms with Crippen molar-refractivity contribution < 1.29 is 4.74 Å². The van der Waals surface area contributed by atoms with E-state index in [0.717, 1.165) is 44.6 Å². The van der Waals surface area contributed by atoms with Crippen molar-refractivity contribution >= 4 is 41.7 Å². The smallest absolute Gasteiger partial charge is 0.191 e. The van der Waals surface area contributed by atoms with Crippen LogP contribution in [0.4, 0.5) is 0 Å². The molecule has 1 aliphatic rings. The Bertz CT molecular complexity index is 503. The first-order valence-electron chi connectivity index (χ1n) is 8.66. The van der Waals surface area contributed by atoms with E-state index in [-0.39, 0.29) is 24.0 Å². The summed E-state index contributed by atoms with van der Waals surface area (Å²) in [6.45, 7) is 8.92. The van der Waals surface area contributed by atoms with Crippen LogP contribution in [0.15, 0.2) is 40.2 Å². The van der Waals surface area contributed by atoms with Gasteiger partial charge in [0.05, 0.1) is 13.2 Å². The maximum absolute atomic E-state index is 5.51. The van der Waals surface area contributed by atoms with Crippen LogP contribution in [-0.4, -0.2) is 68.6 Å². The number of benzene rings is 1. The van der Waals surface area contributed by atoms with Crippen LogP contribution in [0, 0.1) is 0 Å². The zero-order valence-electron chi connectivity index (χ0n) is 15.4. The molecule has 5 nitrogen and oxygen atoms in total. The minimum Gasteiger partial charge on any atom is -0.379 e. The highest BCUT2D eigenvalue weighted by molar-refractivity contribution is 14.0. The van der Waals surface area contributed by atoms with Crippen LogP contribution in [0.2, 0.25) is 0 Å². The minimum absolute atomic E-state index is 0. The highest BCUT2D eigenvalue weighted by atomic mass is 127. The Labute approximate surface area is 173 Å². The third kappa shape index (κ3) is 8.15. The maximum Gasteiger partial charge on any atom is 0.191 e. The Morgan fingerprint density at radius 1 is 1.36 bits per heavy atom. The molecule has 1 fully saturated rings. The molecule has 142 valence electrons. The zero-order valence-corrected chi connectivity index (χ0v) is 18.6. The summed E-state index contributed by atoms with van der Waals surface area (Å²) < 4.78 is 5.51. The molecule has 1 heterocycles. The molecule has 1 aromatic carbocycles. The van der Waals surface area contributed by atoms with Gasteiger partial charge in [-0.2, -0.15) is 0 Å². The first-order chi connectivity index (χ1) is 11.7. The Morgan fingerprint density at radius 3 is 2.80 bits per heavy atom. The van der Waals surface area contributed by atoms with Crippen molar-refractivity contribution in [3.05, 3.63) is 30.3 Å². The molecule has 0 spiro atoms. The number of halogens is 1. The number of nitrogens with one attached hydrogen (secondary N) is 2. The number of aliphatic imine (C=N–C) groups is 1. The van der Waals surface area contributed by atoms with E-state index in [1.807, 2.05) is 24.9 Å². The van der Waals surface area contributed by atoms with Crippen LogP contribution in [0.25, 0.3) is 0 Å². The van der Waals surface area contributed by atoms with Crippen LogP contribution in [0.1, 0.15) is 13.8 Å². The second kappa shape index (κ2) is 12.8. The lowest BCUT2D eigenvalue weighted by Gasteiger charge is -2.38. The molecule has 25 heavy (non-hydrogen) atoms. The second-order valence-corrected chi connectivity index (χ2v) is 7.22. The fraction of sp³-hybridized carbons (Fsp3) is 0.611. The fourth-order valence-electron chi connectivity index (χ4n) is 2.83. The summed E-state index contributed by atoms with van der Waals surface area (Å²) in [5.41, 5.74) is 0. The van der Waals surface area contributed by atoms with Crippen LogP contribution in [-0.2, 0) is 4.74 Å². The van der Waals surface area contributed by atoms with Gasteiger partial charge in [0, 0.05) is 49.4 Å². The molecule has 0 radical (unpaired) electrons. The molecule has 2 atom stereocenters. The molecule has 7 heteroatoms. The number of hydrogen-bond donors (Lipinski definition) is 2. The van der Waals surface area contributed by atoms with Gasteiger partial charge >= 0.3 is 0 Å². The maximum atomic E-state index is 5.51. The van der Waals surface area contributed by atoms with E-state index in [1.54, 1.807) is 0 Å². The molecule has 1 aromatic rings. The van der Waals surface area contributed by atoms with Crippen molar-refractivity contribution in [2.75, 3.05) is 45.6 Å². The molecule has 0 bridgehead atoms. The number of ether oxygens (including phenoxy) is 1. The number of guanidine groups is 1. The SMILES string of the molecule is CN=C(NCCSc1ccccc1)NCC(C)N1CCOCC1C.I. The molecule has 0 aromatic heterocycles. The van der Waals surface area contributed by atoms with Crippen molar-refractivity contribution in [3.63, 3.8) is 0 Å². The van der Waals surface area contributed by atoms with Gasteiger partial charge in [0.1, 0.15) is 0 Å².